The van der Waals surface area contributed by atoms with Crippen molar-refractivity contribution in [3.63, 3.8) is 0 Å². The van der Waals surface area contributed by atoms with Gasteiger partial charge in [-0.05, 0) is 36.6 Å². The molecule has 3 heterocycles. The highest BCUT2D eigenvalue weighted by molar-refractivity contribution is 5.81. The molecule has 3 N–H and O–H groups in total. The topological polar surface area (TPSA) is 139 Å². The Kier molecular flexibility index (Phi) is 6.72. The van der Waals surface area contributed by atoms with Gasteiger partial charge >= 0.3 is 5.97 Å². The van der Waals surface area contributed by atoms with Crippen molar-refractivity contribution in [2.45, 2.75) is 32.2 Å². The van der Waals surface area contributed by atoms with Gasteiger partial charge in [-0.2, -0.15) is 0 Å². The summed E-state index contributed by atoms with van der Waals surface area (Å²) >= 11 is 0. The van der Waals surface area contributed by atoms with Gasteiger partial charge in [0.05, 0.1) is 38.0 Å². The van der Waals surface area contributed by atoms with Crippen molar-refractivity contribution in [1.29, 1.82) is 0 Å². The third kappa shape index (κ3) is 4.81. The molecule has 0 bridgehead atoms. The number of methoxy groups -OCH3 is 2. The van der Waals surface area contributed by atoms with Gasteiger partial charge in [-0.25, -0.2) is 4.98 Å². The van der Waals surface area contributed by atoms with Crippen LogP contribution in [0, 0.1) is 6.92 Å². The van der Waals surface area contributed by atoms with E-state index in [4.69, 9.17) is 9.47 Å². The predicted octanol–water partition coefficient (Wildman–Crippen LogP) is 2.37. The standard InChI is InChI=1S/C25H26N4O6/c1-14-8-21(30)23(25(33)29(14)7-6-16-12-26-13-27-16)18(11-22(31)35-3)19-9-15-4-5-17(34-2)10-20(15)28-24(19)32/h4-5,8-10,12-13,18,30H,6-7,11H2,1-3H3,(H,26,27)(H,28,32). The van der Waals surface area contributed by atoms with Crippen LogP contribution in [-0.2, 0) is 22.5 Å². The Morgan fingerprint density at radius 1 is 1.20 bits per heavy atom. The van der Waals surface area contributed by atoms with Crippen LogP contribution >= 0.6 is 0 Å². The molecule has 35 heavy (non-hydrogen) atoms. The van der Waals surface area contributed by atoms with Gasteiger partial charge in [-0.15, -0.1) is 0 Å². The third-order valence-corrected chi connectivity index (χ3v) is 6.09. The highest BCUT2D eigenvalue weighted by Crippen LogP contribution is 2.32. The summed E-state index contributed by atoms with van der Waals surface area (Å²) in [6, 6.07) is 8.27. The van der Waals surface area contributed by atoms with Gasteiger partial charge in [0.1, 0.15) is 11.5 Å². The summed E-state index contributed by atoms with van der Waals surface area (Å²) in [6.45, 7) is 2.03. The van der Waals surface area contributed by atoms with Crippen molar-refractivity contribution >= 4 is 16.9 Å². The highest BCUT2D eigenvalue weighted by atomic mass is 16.5. The predicted molar refractivity (Wildman–Crippen MR) is 129 cm³/mol. The molecule has 10 nitrogen and oxygen atoms in total. The van der Waals surface area contributed by atoms with Crippen LogP contribution in [0.4, 0.5) is 0 Å². The lowest BCUT2D eigenvalue weighted by Gasteiger charge is -2.20. The van der Waals surface area contributed by atoms with Crippen LogP contribution in [0.5, 0.6) is 11.5 Å². The Labute approximate surface area is 200 Å². The quantitative estimate of drug-likeness (QED) is 0.330. The molecule has 0 aliphatic rings. The molecular formula is C25H26N4O6. The van der Waals surface area contributed by atoms with E-state index in [0.717, 1.165) is 5.69 Å². The number of hydrogen-bond acceptors (Lipinski definition) is 7. The smallest absolute Gasteiger partial charge is 0.306 e. The molecule has 0 spiro atoms. The van der Waals surface area contributed by atoms with Gasteiger partial charge in [0.2, 0.25) is 0 Å². The summed E-state index contributed by atoms with van der Waals surface area (Å²) in [5.74, 6) is -1.35. The van der Waals surface area contributed by atoms with Crippen LogP contribution in [0.1, 0.15) is 34.9 Å². The van der Waals surface area contributed by atoms with Crippen LogP contribution in [0.3, 0.4) is 0 Å². The van der Waals surface area contributed by atoms with Crippen molar-refractivity contribution in [1.82, 2.24) is 19.5 Å². The van der Waals surface area contributed by atoms with Crippen LogP contribution in [-0.4, -0.2) is 44.8 Å². The zero-order valence-corrected chi connectivity index (χ0v) is 19.6. The summed E-state index contributed by atoms with van der Waals surface area (Å²) in [4.78, 5) is 48.8. The Morgan fingerprint density at radius 2 is 2.00 bits per heavy atom. The molecule has 1 unspecified atom stereocenters. The Balaban J connectivity index is 1.86. The summed E-state index contributed by atoms with van der Waals surface area (Å²) in [7, 11) is 2.76. The molecule has 0 saturated carbocycles. The molecule has 1 aromatic carbocycles. The van der Waals surface area contributed by atoms with E-state index >= 15 is 0 Å². The second kappa shape index (κ2) is 9.88. The van der Waals surface area contributed by atoms with Crippen LogP contribution < -0.4 is 15.9 Å². The number of H-pyrrole nitrogens is 2. The van der Waals surface area contributed by atoms with Gasteiger partial charge in [0, 0.05) is 48.1 Å². The van der Waals surface area contributed by atoms with Crippen molar-refractivity contribution in [2.24, 2.45) is 0 Å². The molecule has 0 radical (unpaired) electrons. The fourth-order valence-corrected chi connectivity index (χ4v) is 4.23. The summed E-state index contributed by atoms with van der Waals surface area (Å²) in [6.07, 6.45) is 3.44. The molecule has 10 heteroatoms. The minimum absolute atomic E-state index is 0.0380. The fourth-order valence-electron chi connectivity index (χ4n) is 4.23. The number of carbonyl (C=O) groups is 1. The van der Waals surface area contributed by atoms with Crippen LogP contribution in [0.25, 0.3) is 10.9 Å². The van der Waals surface area contributed by atoms with Gasteiger partial charge in [-0.3, -0.25) is 14.4 Å². The monoisotopic (exact) mass is 478 g/mol. The molecule has 1 atom stereocenters. The lowest BCUT2D eigenvalue weighted by molar-refractivity contribution is -0.140. The molecular weight excluding hydrogens is 452 g/mol. The maximum atomic E-state index is 13.6. The number of esters is 1. The summed E-state index contributed by atoms with van der Waals surface area (Å²) in [5.41, 5.74) is 1.10. The average Bonchev–Trinajstić information content (AvgIpc) is 3.35. The number of hydrogen-bond donors (Lipinski definition) is 3. The molecule has 3 aromatic heterocycles. The average molecular weight is 479 g/mol. The first-order valence-corrected chi connectivity index (χ1v) is 11.0. The van der Waals surface area contributed by atoms with E-state index in [1.807, 2.05) is 0 Å². The van der Waals surface area contributed by atoms with E-state index in [2.05, 4.69) is 15.0 Å². The number of ether oxygens (including phenoxy) is 2. The highest BCUT2D eigenvalue weighted by Gasteiger charge is 2.29. The third-order valence-electron chi connectivity index (χ3n) is 6.09. The summed E-state index contributed by atoms with van der Waals surface area (Å²) in [5, 5.41) is 11.5. The first-order valence-electron chi connectivity index (χ1n) is 11.0. The number of nitrogens with one attached hydrogen (secondary N) is 2. The number of aromatic nitrogens is 4. The number of pyridine rings is 2. The minimum atomic E-state index is -1.02. The van der Waals surface area contributed by atoms with E-state index in [1.165, 1.54) is 24.9 Å². The van der Waals surface area contributed by atoms with Gasteiger partial charge in [0.15, 0.2) is 0 Å². The lowest BCUT2D eigenvalue weighted by atomic mass is 9.88. The molecule has 182 valence electrons. The Bertz CT molecular complexity index is 1490. The number of rotatable bonds is 8. The number of aryl methyl sites for hydroxylation is 2. The van der Waals surface area contributed by atoms with E-state index in [9.17, 15) is 19.5 Å². The number of aromatic amines is 2. The van der Waals surface area contributed by atoms with E-state index < -0.39 is 23.0 Å². The molecule has 0 saturated heterocycles. The van der Waals surface area contributed by atoms with E-state index in [-0.39, 0.29) is 23.3 Å². The molecule has 4 rings (SSSR count). The molecule has 0 fully saturated rings. The zero-order valence-electron chi connectivity index (χ0n) is 19.6. The molecule has 0 amide bonds. The lowest BCUT2D eigenvalue weighted by Crippen LogP contribution is -2.31. The molecule has 0 aliphatic heterocycles. The first kappa shape index (κ1) is 23.8. The first-order chi connectivity index (χ1) is 16.8. The van der Waals surface area contributed by atoms with Crippen molar-refractivity contribution < 1.29 is 19.4 Å². The number of fused-ring (bicyclic) bond motifs is 1. The number of benzene rings is 1. The molecule has 4 aromatic rings. The minimum Gasteiger partial charge on any atom is -0.507 e. The van der Waals surface area contributed by atoms with Crippen LogP contribution in [0.2, 0.25) is 0 Å². The van der Waals surface area contributed by atoms with Gasteiger partial charge < -0.3 is 29.1 Å². The van der Waals surface area contributed by atoms with Gasteiger partial charge in [0.25, 0.3) is 11.1 Å². The van der Waals surface area contributed by atoms with Gasteiger partial charge in [-0.1, -0.05) is 0 Å². The molecule has 0 aliphatic carbocycles. The largest absolute Gasteiger partial charge is 0.507 e. The number of imidazole rings is 1. The number of carbonyl (C=O) groups excluding carboxylic acids is 1. The fraction of sp³-hybridized carbons (Fsp3) is 0.280. The van der Waals surface area contributed by atoms with Crippen molar-refractivity contribution in [3.8, 4) is 11.5 Å². The number of aromatic hydroxyl groups is 1. The maximum Gasteiger partial charge on any atom is 0.306 e. The summed E-state index contributed by atoms with van der Waals surface area (Å²) < 4.78 is 11.6. The normalized spacial score (nSPS) is 12.0. The second-order valence-electron chi connectivity index (χ2n) is 8.21. The Hall–Kier alpha value is -4.34. The van der Waals surface area contributed by atoms with E-state index in [1.54, 1.807) is 43.7 Å². The second-order valence-corrected chi connectivity index (χ2v) is 8.21. The SMILES string of the molecule is COC(=O)CC(c1cc2ccc(OC)cc2[nH]c1=O)c1c(O)cc(C)n(CCc2cnc[nH]2)c1=O. The number of nitrogens with zero attached hydrogens (tertiary/aromatic N) is 2. The van der Waals surface area contributed by atoms with Crippen LogP contribution in [0.15, 0.2) is 52.4 Å². The Morgan fingerprint density at radius 3 is 2.69 bits per heavy atom. The van der Waals surface area contributed by atoms with E-state index in [0.29, 0.717) is 35.3 Å². The maximum absolute atomic E-state index is 13.6. The zero-order chi connectivity index (χ0) is 25.1. The van der Waals surface area contributed by atoms with Crippen molar-refractivity contribution in [3.05, 3.63) is 86.1 Å². The van der Waals surface area contributed by atoms with Crippen molar-refractivity contribution in [2.75, 3.05) is 14.2 Å².